The van der Waals surface area contributed by atoms with Gasteiger partial charge in [-0.25, -0.2) is 0 Å². The van der Waals surface area contributed by atoms with E-state index in [0.717, 1.165) is 14.0 Å². The Morgan fingerprint density at radius 2 is 2.27 bits per heavy atom. The van der Waals surface area contributed by atoms with Crippen LogP contribution in [0.5, 0.6) is 0 Å². The molecule has 0 bridgehead atoms. The smallest absolute Gasteiger partial charge is 0.175 e. The number of rotatable bonds is 0. The van der Waals surface area contributed by atoms with E-state index in [0.29, 0.717) is 5.75 Å². The summed E-state index contributed by atoms with van der Waals surface area (Å²) in [6.45, 7) is 0. The lowest BCUT2D eigenvalue weighted by Crippen LogP contribution is -1.97. The first-order valence-electron chi connectivity index (χ1n) is 3.23. The fourth-order valence-corrected chi connectivity index (χ4v) is 3.07. The number of carbonyl (C=O) groups excluding carboxylic acids is 1. The highest BCUT2D eigenvalue weighted by Gasteiger charge is 2.21. The predicted octanol–water partition coefficient (Wildman–Crippen LogP) is 2.58. The van der Waals surface area contributed by atoms with Gasteiger partial charge in [0.15, 0.2) is 5.78 Å². The second-order valence-electron chi connectivity index (χ2n) is 2.32. The second kappa shape index (κ2) is 2.79. The van der Waals surface area contributed by atoms with Crippen molar-refractivity contribution in [3.8, 4) is 0 Å². The lowest BCUT2D eigenvalue weighted by Gasteiger charge is -1.96. The first kappa shape index (κ1) is 7.61. The SMILES string of the molecule is O=C1CSc2cccc(I)c21. The van der Waals surface area contributed by atoms with Crippen LogP contribution in [0.4, 0.5) is 0 Å². The molecule has 0 aromatic heterocycles. The third-order valence-electron chi connectivity index (χ3n) is 1.61. The van der Waals surface area contributed by atoms with Crippen molar-refractivity contribution in [1.82, 2.24) is 0 Å². The maximum atomic E-state index is 11.3. The quantitative estimate of drug-likeness (QED) is 0.677. The van der Waals surface area contributed by atoms with E-state index >= 15 is 0 Å². The van der Waals surface area contributed by atoms with Crippen LogP contribution >= 0.6 is 34.4 Å². The largest absolute Gasteiger partial charge is 0.293 e. The van der Waals surface area contributed by atoms with Crippen molar-refractivity contribution in [2.24, 2.45) is 0 Å². The minimum atomic E-state index is 0.273. The van der Waals surface area contributed by atoms with Crippen molar-refractivity contribution in [2.75, 3.05) is 5.75 Å². The van der Waals surface area contributed by atoms with Gasteiger partial charge in [-0.15, -0.1) is 11.8 Å². The van der Waals surface area contributed by atoms with Crippen molar-refractivity contribution in [3.05, 3.63) is 27.3 Å². The number of hydrogen-bond acceptors (Lipinski definition) is 2. The number of halogens is 1. The van der Waals surface area contributed by atoms with Crippen LogP contribution in [0.1, 0.15) is 10.4 Å². The first-order valence-corrected chi connectivity index (χ1v) is 5.30. The van der Waals surface area contributed by atoms with E-state index in [1.54, 1.807) is 11.8 Å². The predicted molar refractivity (Wildman–Crippen MR) is 54.2 cm³/mol. The van der Waals surface area contributed by atoms with E-state index < -0.39 is 0 Å². The zero-order chi connectivity index (χ0) is 7.84. The normalized spacial score (nSPS) is 15.2. The molecule has 0 saturated carbocycles. The van der Waals surface area contributed by atoms with Gasteiger partial charge in [-0.05, 0) is 34.7 Å². The Morgan fingerprint density at radius 3 is 3.00 bits per heavy atom. The zero-order valence-corrected chi connectivity index (χ0v) is 8.61. The van der Waals surface area contributed by atoms with Crippen molar-refractivity contribution < 1.29 is 4.79 Å². The molecule has 1 aliphatic rings. The van der Waals surface area contributed by atoms with Gasteiger partial charge in [0, 0.05) is 14.0 Å². The van der Waals surface area contributed by atoms with Crippen LogP contribution in [0.15, 0.2) is 23.1 Å². The van der Waals surface area contributed by atoms with Gasteiger partial charge < -0.3 is 0 Å². The van der Waals surface area contributed by atoms with Crippen LogP contribution < -0.4 is 0 Å². The van der Waals surface area contributed by atoms with E-state index in [9.17, 15) is 4.79 Å². The van der Waals surface area contributed by atoms with Gasteiger partial charge >= 0.3 is 0 Å². The highest BCUT2D eigenvalue weighted by atomic mass is 127. The Balaban J connectivity index is 2.68. The van der Waals surface area contributed by atoms with E-state index in [-0.39, 0.29) is 5.78 Å². The van der Waals surface area contributed by atoms with Crippen molar-refractivity contribution in [3.63, 3.8) is 0 Å². The molecule has 1 heterocycles. The number of thioether (sulfide) groups is 1. The maximum absolute atomic E-state index is 11.3. The summed E-state index contributed by atoms with van der Waals surface area (Å²) in [7, 11) is 0. The molecule has 0 aliphatic carbocycles. The molecule has 0 radical (unpaired) electrons. The van der Waals surface area contributed by atoms with Crippen LogP contribution in [-0.4, -0.2) is 11.5 Å². The number of fused-ring (bicyclic) bond motifs is 1. The molecule has 1 aliphatic heterocycles. The second-order valence-corrected chi connectivity index (χ2v) is 4.50. The van der Waals surface area contributed by atoms with E-state index in [1.165, 1.54) is 0 Å². The van der Waals surface area contributed by atoms with Crippen molar-refractivity contribution in [2.45, 2.75) is 4.90 Å². The third kappa shape index (κ3) is 1.20. The highest BCUT2D eigenvalue weighted by molar-refractivity contribution is 14.1. The molecule has 56 valence electrons. The van der Waals surface area contributed by atoms with Crippen LogP contribution in [-0.2, 0) is 0 Å². The van der Waals surface area contributed by atoms with Gasteiger partial charge in [0.05, 0.1) is 5.75 Å². The topological polar surface area (TPSA) is 17.1 Å². The molecule has 1 aromatic rings. The molecular weight excluding hydrogens is 271 g/mol. The summed E-state index contributed by atoms with van der Waals surface area (Å²) in [4.78, 5) is 12.4. The summed E-state index contributed by atoms with van der Waals surface area (Å²) >= 11 is 3.84. The summed E-state index contributed by atoms with van der Waals surface area (Å²) < 4.78 is 1.08. The van der Waals surface area contributed by atoms with Gasteiger partial charge in [0.25, 0.3) is 0 Å². The molecule has 0 spiro atoms. The average molecular weight is 276 g/mol. The minimum Gasteiger partial charge on any atom is -0.293 e. The number of Topliss-reactive ketones (excluding diaryl/α,β-unsaturated/α-hetero) is 1. The van der Waals surface area contributed by atoms with Gasteiger partial charge in [-0.1, -0.05) is 6.07 Å². The zero-order valence-electron chi connectivity index (χ0n) is 5.63. The van der Waals surface area contributed by atoms with E-state index in [4.69, 9.17) is 0 Å². The molecule has 0 saturated heterocycles. The molecule has 0 atom stereocenters. The molecule has 0 unspecified atom stereocenters. The Bertz CT molecular complexity index is 322. The van der Waals surface area contributed by atoms with E-state index in [2.05, 4.69) is 22.6 Å². The fraction of sp³-hybridized carbons (Fsp3) is 0.125. The van der Waals surface area contributed by atoms with Crippen LogP contribution in [0.25, 0.3) is 0 Å². The summed E-state index contributed by atoms with van der Waals surface area (Å²) in [5.74, 6) is 0.894. The Hall–Kier alpha value is -0.0300. The monoisotopic (exact) mass is 276 g/mol. The maximum Gasteiger partial charge on any atom is 0.175 e. The minimum absolute atomic E-state index is 0.273. The van der Waals surface area contributed by atoms with Crippen LogP contribution in [0.3, 0.4) is 0 Å². The fourth-order valence-electron chi connectivity index (χ4n) is 1.11. The standard InChI is InChI=1S/C8H5IOS/c9-5-2-1-3-7-8(5)6(10)4-11-7/h1-3H,4H2. The Kier molecular flexibility index (Phi) is 1.93. The number of benzene rings is 1. The molecular formula is C8H5IOS. The van der Waals surface area contributed by atoms with E-state index in [1.807, 2.05) is 18.2 Å². The molecule has 0 amide bonds. The van der Waals surface area contributed by atoms with Gasteiger partial charge in [0.2, 0.25) is 0 Å². The van der Waals surface area contributed by atoms with Crippen molar-refractivity contribution >= 4 is 40.1 Å². The first-order chi connectivity index (χ1) is 5.29. The lowest BCUT2D eigenvalue weighted by molar-refractivity contribution is 0.102. The van der Waals surface area contributed by atoms with Crippen LogP contribution in [0.2, 0.25) is 0 Å². The molecule has 0 fully saturated rings. The van der Waals surface area contributed by atoms with Crippen LogP contribution in [0, 0.1) is 3.57 Å². The summed E-state index contributed by atoms with van der Waals surface area (Å²) in [6, 6.07) is 5.97. The summed E-state index contributed by atoms with van der Waals surface area (Å²) in [6.07, 6.45) is 0. The molecule has 11 heavy (non-hydrogen) atoms. The lowest BCUT2D eigenvalue weighted by atomic mass is 10.2. The molecule has 1 nitrogen and oxygen atoms in total. The molecule has 1 aromatic carbocycles. The highest BCUT2D eigenvalue weighted by Crippen LogP contribution is 2.33. The van der Waals surface area contributed by atoms with Gasteiger partial charge in [-0.3, -0.25) is 4.79 Å². The number of carbonyl (C=O) groups is 1. The molecule has 3 heteroatoms. The summed E-state index contributed by atoms with van der Waals surface area (Å²) in [5, 5.41) is 0. The Labute approximate surface area is 82.7 Å². The number of ketones is 1. The number of hydrogen-bond donors (Lipinski definition) is 0. The van der Waals surface area contributed by atoms with Gasteiger partial charge in [-0.2, -0.15) is 0 Å². The molecule has 2 rings (SSSR count). The summed E-state index contributed by atoms with van der Waals surface area (Å²) in [5.41, 5.74) is 0.929. The van der Waals surface area contributed by atoms with Crippen molar-refractivity contribution in [1.29, 1.82) is 0 Å². The third-order valence-corrected chi connectivity index (χ3v) is 3.57. The van der Waals surface area contributed by atoms with Gasteiger partial charge in [0.1, 0.15) is 0 Å². The Morgan fingerprint density at radius 1 is 1.45 bits per heavy atom. The average Bonchev–Trinajstić information content (AvgIpc) is 2.34. The molecule has 0 N–H and O–H groups in total.